The number of anilines is 1. The SMILES string of the molecule is Cc1cc(C(=O)Nc2nnc(-c3ccccc3)o2)nn1C. The zero-order chi connectivity index (χ0) is 14.8. The van der Waals surface area contributed by atoms with Crippen molar-refractivity contribution in [3.8, 4) is 11.5 Å². The Morgan fingerprint density at radius 3 is 2.67 bits per heavy atom. The van der Waals surface area contributed by atoms with E-state index < -0.39 is 0 Å². The summed E-state index contributed by atoms with van der Waals surface area (Å²) >= 11 is 0. The Labute approximate surface area is 120 Å². The number of aromatic nitrogens is 4. The topological polar surface area (TPSA) is 85.8 Å². The number of rotatable bonds is 3. The minimum atomic E-state index is -0.387. The van der Waals surface area contributed by atoms with Gasteiger partial charge in [-0.15, -0.1) is 5.10 Å². The fourth-order valence-electron chi connectivity index (χ4n) is 1.80. The molecule has 2 aromatic heterocycles. The van der Waals surface area contributed by atoms with Gasteiger partial charge in [-0.2, -0.15) is 5.10 Å². The molecule has 1 N–H and O–H groups in total. The molecular formula is C14H13N5O2. The molecule has 3 rings (SSSR count). The molecule has 0 unspecified atom stereocenters. The third-order valence-electron chi connectivity index (χ3n) is 3.01. The average molecular weight is 283 g/mol. The van der Waals surface area contributed by atoms with E-state index in [-0.39, 0.29) is 11.9 Å². The van der Waals surface area contributed by atoms with Crippen molar-refractivity contribution in [1.29, 1.82) is 0 Å². The quantitative estimate of drug-likeness (QED) is 0.794. The van der Waals surface area contributed by atoms with Crippen molar-refractivity contribution in [2.24, 2.45) is 7.05 Å². The van der Waals surface area contributed by atoms with E-state index in [9.17, 15) is 4.79 Å². The lowest BCUT2D eigenvalue weighted by molar-refractivity contribution is 0.101. The summed E-state index contributed by atoms with van der Waals surface area (Å²) < 4.78 is 7.03. The van der Waals surface area contributed by atoms with Crippen LogP contribution in [0.3, 0.4) is 0 Å². The molecule has 0 saturated carbocycles. The molecule has 0 spiro atoms. The molecule has 1 amide bonds. The summed E-state index contributed by atoms with van der Waals surface area (Å²) in [6.07, 6.45) is 0. The highest BCUT2D eigenvalue weighted by molar-refractivity contribution is 6.01. The molecule has 0 saturated heterocycles. The third kappa shape index (κ3) is 2.66. The molecular weight excluding hydrogens is 270 g/mol. The second-order valence-electron chi connectivity index (χ2n) is 4.53. The Kier molecular flexibility index (Phi) is 3.23. The number of carbonyl (C=O) groups excluding carboxylic acids is 1. The van der Waals surface area contributed by atoms with E-state index in [0.29, 0.717) is 11.6 Å². The van der Waals surface area contributed by atoms with Crippen LogP contribution < -0.4 is 5.32 Å². The van der Waals surface area contributed by atoms with E-state index in [1.165, 1.54) is 0 Å². The second kappa shape index (κ2) is 5.20. The second-order valence-corrected chi connectivity index (χ2v) is 4.53. The predicted octanol–water partition coefficient (Wildman–Crippen LogP) is 2.03. The van der Waals surface area contributed by atoms with Gasteiger partial charge in [0.2, 0.25) is 5.89 Å². The molecule has 0 aliphatic carbocycles. The van der Waals surface area contributed by atoms with E-state index in [0.717, 1.165) is 11.3 Å². The molecule has 1 aromatic carbocycles. The number of hydrogen-bond donors (Lipinski definition) is 1. The lowest BCUT2D eigenvalue weighted by atomic mass is 10.2. The molecule has 0 radical (unpaired) electrons. The van der Waals surface area contributed by atoms with Gasteiger partial charge >= 0.3 is 6.01 Å². The lowest BCUT2D eigenvalue weighted by Gasteiger charge is -1.96. The maximum Gasteiger partial charge on any atom is 0.322 e. The number of aryl methyl sites for hydroxylation is 2. The molecule has 0 fully saturated rings. The lowest BCUT2D eigenvalue weighted by Crippen LogP contribution is -2.13. The van der Waals surface area contributed by atoms with Gasteiger partial charge in [-0.1, -0.05) is 23.3 Å². The van der Waals surface area contributed by atoms with Crippen molar-refractivity contribution in [1.82, 2.24) is 20.0 Å². The molecule has 2 heterocycles. The van der Waals surface area contributed by atoms with E-state index in [4.69, 9.17) is 4.42 Å². The molecule has 7 heteroatoms. The van der Waals surface area contributed by atoms with Crippen molar-refractivity contribution in [2.75, 3.05) is 5.32 Å². The Morgan fingerprint density at radius 1 is 1.24 bits per heavy atom. The average Bonchev–Trinajstić information content (AvgIpc) is 3.08. The number of benzene rings is 1. The first-order chi connectivity index (χ1) is 10.1. The summed E-state index contributed by atoms with van der Waals surface area (Å²) in [6.45, 7) is 1.87. The molecule has 21 heavy (non-hydrogen) atoms. The summed E-state index contributed by atoms with van der Waals surface area (Å²) in [4.78, 5) is 12.0. The largest absolute Gasteiger partial charge is 0.403 e. The zero-order valence-electron chi connectivity index (χ0n) is 11.6. The molecule has 0 bridgehead atoms. The van der Waals surface area contributed by atoms with Crippen LogP contribution in [0.2, 0.25) is 0 Å². The van der Waals surface area contributed by atoms with Crippen molar-refractivity contribution < 1.29 is 9.21 Å². The summed E-state index contributed by atoms with van der Waals surface area (Å²) in [5.41, 5.74) is 1.98. The van der Waals surface area contributed by atoms with Crippen molar-refractivity contribution >= 4 is 11.9 Å². The Balaban J connectivity index is 1.77. The van der Waals surface area contributed by atoms with Gasteiger partial charge in [0.25, 0.3) is 5.91 Å². The van der Waals surface area contributed by atoms with Crippen LogP contribution in [-0.4, -0.2) is 25.9 Å². The van der Waals surface area contributed by atoms with Crippen LogP contribution in [0.5, 0.6) is 0 Å². The first-order valence-corrected chi connectivity index (χ1v) is 6.34. The van der Waals surface area contributed by atoms with E-state index in [2.05, 4.69) is 20.6 Å². The first-order valence-electron chi connectivity index (χ1n) is 6.34. The van der Waals surface area contributed by atoms with Crippen LogP contribution in [0, 0.1) is 6.92 Å². The minimum Gasteiger partial charge on any atom is -0.403 e. The highest BCUT2D eigenvalue weighted by Gasteiger charge is 2.15. The van der Waals surface area contributed by atoms with Crippen LogP contribution in [0.1, 0.15) is 16.2 Å². The van der Waals surface area contributed by atoms with Crippen LogP contribution >= 0.6 is 0 Å². The van der Waals surface area contributed by atoms with Gasteiger partial charge in [0.15, 0.2) is 5.69 Å². The normalized spacial score (nSPS) is 10.6. The fraction of sp³-hybridized carbons (Fsp3) is 0.143. The predicted molar refractivity (Wildman–Crippen MR) is 75.6 cm³/mol. The monoisotopic (exact) mass is 283 g/mol. The number of nitrogens with zero attached hydrogens (tertiary/aromatic N) is 4. The van der Waals surface area contributed by atoms with Crippen molar-refractivity contribution in [2.45, 2.75) is 6.92 Å². The van der Waals surface area contributed by atoms with Gasteiger partial charge in [0, 0.05) is 18.3 Å². The summed E-state index contributed by atoms with van der Waals surface area (Å²) in [5.74, 6) is -0.0370. The molecule has 0 atom stereocenters. The number of amides is 1. The third-order valence-corrected chi connectivity index (χ3v) is 3.01. The molecule has 106 valence electrons. The standard InChI is InChI=1S/C14H13N5O2/c1-9-8-11(18-19(9)2)12(20)15-14-17-16-13(21-14)10-6-4-3-5-7-10/h3-8H,1-2H3,(H,15,17,20). The van der Waals surface area contributed by atoms with Gasteiger partial charge < -0.3 is 4.42 Å². The fourth-order valence-corrected chi connectivity index (χ4v) is 1.80. The highest BCUT2D eigenvalue weighted by atomic mass is 16.4. The molecule has 7 nitrogen and oxygen atoms in total. The number of hydrogen-bond acceptors (Lipinski definition) is 5. The molecule has 3 aromatic rings. The maximum atomic E-state index is 12.0. The molecule has 0 aliphatic rings. The highest BCUT2D eigenvalue weighted by Crippen LogP contribution is 2.19. The smallest absolute Gasteiger partial charge is 0.322 e. The maximum absolute atomic E-state index is 12.0. The van der Waals surface area contributed by atoms with Gasteiger partial charge in [-0.3, -0.25) is 14.8 Å². The van der Waals surface area contributed by atoms with Crippen molar-refractivity contribution in [3.63, 3.8) is 0 Å². The van der Waals surface area contributed by atoms with Crippen molar-refractivity contribution in [3.05, 3.63) is 47.8 Å². The van der Waals surface area contributed by atoms with E-state index >= 15 is 0 Å². The van der Waals surface area contributed by atoms with Crippen LogP contribution in [0.15, 0.2) is 40.8 Å². The summed E-state index contributed by atoms with van der Waals surface area (Å²) in [5, 5.41) is 14.3. The van der Waals surface area contributed by atoms with E-state index in [1.54, 1.807) is 17.8 Å². The Bertz CT molecular complexity index is 756. The van der Waals surface area contributed by atoms with Crippen LogP contribution in [0.4, 0.5) is 6.01 Å². The Hall–Kier alpha value is -2.96. The van der Waals surface area contributed by atoms with Crippen LogP contribution in [0.25, 0.3) is 11.5 Å². The summed E-state index contributed by atoms with van der Waals surface area (Å²) in [7, 11) is 1.77. The van der Waals surface area contributed by atoms with Gasteiger partial charge in [0.05, 0.1) is 0 Å². The molecule has 0 aliphatic heterocycles. The Morgan fingerprint density at radius 2 is 2.00 bits per heavy atom. The number of nitrogens with one attached hydrogen (secondary N) is 1. The van der Waals surface area contributed by atoms with Gasteiger partial charge in [-0.05, 0) is 25.1 Å². The first kappa shape index (κ1) is 13.0. The van der Waals surface area contributed by atoms with E-state index in [1.807, 2.05) is 37.3 Å². The van der Waals surface area contributed by atoms with Gasteiger partial charge in [-0.25, -0.2) is 0 Å². The zero-order valence-corrected chi connectivity index (χ0v) is 11.6. The summed E-state index contributed by atoms with van der Waals surface area (Å²) in [6, 6.07) is 11.1. The minimum absolute atomic E-state index is 0.0437. The van der Waals surface area contributed by atoms with Crippen LogP contribution in [-0.2, 0) is 7.05 Å². The van der Waals surface area contributed by atoms with Gasteiger partial charge in [0.1, 0.15) is 0 Å². The number of carbonyl (C=O) groups is 1.